The van der Waals surface area contributed by atoms with Gasteiger partial charge in [-0.1, -0.05) is 12.1 Å². The standard InChI is InChI=1S/C29H29F3N8O/c1-18-3-6-23(12-26(18)39-28-36-8-7-25(38-28)22-13-33-17-34-14-22)37-27(41)20-4-5-21(24(11-20)29(30,31)32)16-40-10-9-35-19(2)15-40/h3-8,11-14,17,19,35H,9-10,15-16H2,1-2H3,(H,37,41)(H,36,38,39)/t19-/m1/s1. The summed E-state index contributed by atoms with van der Waals surface area (Å²) in [5.74, 6) is -0.322. The topological polar surface area (TPSA) is 108 Å². The predicted molar refractivity (Wildman–Crippen MR) is 150 cm³/mol. The van der Waals surface area contributed by atoms with Gasteiger partial charge in [-0.25, -0.2) is 19.9 Å². The average molecular weight is 563 g/mol. The lowest BCUT2D eigenvalue weighted by Gasteiger charge is -2.32. The fraction of sp³-hybridized carbons (Fsp3) is 0.276. The number of piperazine rings is 1. The van der Waals surface area contributed by atoms with Crippen molar-refractivity contribution in [2.45, 2.75) is 32.6 Å². The molecule has 12 heteroatoms. The van der Waals surface area contributed by atoms with Crippen LogP contribution in [0, 0.1) is 6.92 Å². The van der Waals surface area contributed by atoms with E-state index in [0.29, 0.717) is 36.1 Å². The van der Waals surface area contributed by atoms with Crippen LogP contribution in [0.3, 0.4) is 0 Å². The third-order valence-electron chi connectivity index (χ3n) is 6.78. The molecule has 5 rings (SSSR count). The minimum atomic E-state index is -4.59. The van der Waals surface area contributed by atoms with Crippen LogP contribution >= 0.6 is 0 Å². The number of aryl methyl sites for hydroxylation is 1. The highest BCUT2D eigenvalue weighted by Crippen LogP contribution is 2.34. The van der Waals surface area contributed by atoms with Crippen molar-refractivity contribution < 1.29 is 18.0 Å². The summed E-state index contributed by atoms with van der Waals surface area (Å²) in [5.41, 5.74) is 2.50. The van der Waals surface area contributed by atoms with Gasteiger partial charge in [0.15, 0.2) is 0 Å². The Morgan fingerprint density at radius 1 is 1.12 bits per heavy atom. The van der Waals surface area contributed by atoms with E-state index in [9.17, 15) is 18.0 Å². The fourth-order valence-electron chi connectivity index (χ4n) is 4.69. The Labute approximate surface area is 235 Å². The molecule has 1 fully saturated rings. The second kappa shape index (κ2) is 12.0. The molecule has 0 radical (unpaired) electrons. The van der Waals surface area contributed by atoms with E-state index in [4.69, 9.17) is 0 Å². The van der Waals surface area contributed by atoms with Gasteiger partial charge < -0.3 is 16.0 Å². The lowest BCUT2D eigenvalue weighted by atomic mass is 10.0. The van der Waals surface area contributed by atoms with Crippen molar-refractivity contribution in [3.8, 4) is 11.3 Å². The second-order valence-electron chi connectivity index (χ2n) is 9.96. The highest BCUT2D eigenvalue weighted by atomic mass is 19.4. The molecule has 0 saturated carbocycles. The van der Waals surface area contributed by atoms with E-state index in [1.54, 1.807) is 42.9 Å². The Balaban J connectivity index is 1.33. The fourth-order valence-corrected chi connectivity index (χ4v) is 4.69. The van der Waals surface area contributed by atoms with E-state index in [0.717, 1.165) is 23.7 Å². The number of nitrogens with one attached hydrogen (secondary N) is 3. The summed E-state index contributed by atoms with van der Waals surface area (Å²) in [4.78, 5) is 31.8. The third-order valence-corrected chi connectivity index (χ3v) is 6.78. The number of hydrogen-bond acceptors (Lipinski definition) is 8. The Hall–Kier alpha value is -4.42. The van der Waals surface area contributed by atoms with Crippen molar-refractivity contribution >= 4 is 23.2 Å². The molecule has 3 N–H and O–H groups in total. The minimum absolute atomic E-state index is 0.0778. The van der Waals surface area contributed by atoms with Gasteiger partial charge in [-0.05, 0) is 55.3 Å². The zero-order valence-corrected chi connectivity index (χ0v) is 22.5. The molecule has 1 amide bonds. The van der Waals surface area contributed by atoms with Crippen molar-refractivity contribution in [3.05, 3.63) is 89.6 Å². The van der Waals surface area contributed by atoms with Gasteiger partial charge in [0, 0.05) is 73.3 Å². The van der Waals surface area contributed by atoms with E-state index in [2.05, 4.69) is 35.9 Å². The normalized spacial score (nSPS) is 15.9. The Morgan fingerprint density at radius 2 is 1.93 bits per heavy atom. The average Bonchev–Trinajstić information content (AvgIpc) is 2.95. The summed E-state index contributed by atoms with van der Waals surface area (Å²) < 4.78 is 42.0. The van der Waals surface area contributed by atoms with Crippen LogP contribution < -0.4 is 16.0 Å². The van der Waals surface area contributed by atoms with E-state index in [-0.39, 0.29) is 23.7 Å². The molecule has 0 aliphatic carbocycles. The van der Waals surface area contributed by atoms with Crippen molar-refractivity contribution in [2.75, 3.05) is 30.3 Å². The molecule has 9 nitrogen and oxygen atoms in total. The number of anilines is 3. The number of carbonyl (C=O) groups excluding carboxylic acids is 1. The number of carbonyl (C=O) groups is 1. The van der Waals surface area contributed by atoms with Gasteiger partial charge in [-0.15, -0.1) is 0 Å². The smallest absolute Gasteiger partial charge is 0.324 e. The van der Waals surface area contributed by atoms with Gasteiger partial charge >= 0.3 is 6.18 Å². The zero-order valence-electron chi connectivity index (χ0n) is 22.5. The SMILES string of the molecule is Cc1ccc(NC(=O)c2ccc(CN3CCN[C@H](C)C3)c(C(F)(F)F)c2)cc1Nc1nccc(-c2cncnc2)n1. The molecule has 2 aromatic carbocycles. The summed E-state index contributed by atoms with van der Waals surface area (Å²) in [7, 11) is 0. The summed E-state index contributed by atoms with van der Waals surface area (Å²) in [6.07, 6.45) is 1.72. The number of rotatable bonds is 7. The molecule has 41 heavy (non-hydrogen) atoms. The number of nitrogens with zero attached hydrogens (tertiary/aromatic N) is 5. The second-order valence-corrected chi connectivity index (χ2v) is 9.96. The van der Waals surface area contributed by atoms with Gasteiger partial charge in [-0.3, -0.25) is 9.69 Å². The lowest BCUT2D eigenvalue weighted by molar-refractivity contribution is -0.138. The number of aromatic nitrogens is 4. The van der Waals surface area contributed by atoms with Gasteiger partial charge in [0.25, 0.3) is 5.91 Å². The van der Waals surface area contributed by atoms with Crippen LogP contribution in [0.4, 0.5) is 30.5 Å². The predicted octanol–water partition coefficient (Wildman–Crippen LogP) is 5.05. The van der Waals surface area contributed by atoms with E-state index in [1.165, 1.54) is 18.5 Å². The maximum absolute atomic E-state index is 14.0. The van der Waals surface area contributed by atoms with Crippen LogP contribution in [0.15, 0.2) is 67.4 Å². The van der Waals surface area contributed by atoms with Gasteiger partial charge in [-0.2, -0.15) is 13.2 Å². The Kier molecular flexibility index (Phi) is 8.22. The van der Waals surface area contributed by atoms with Crippen LogP contribution in [0.2, 0.25) is 0 Å². The zero-order chi connectivity index (χ0) is 29.0. The summed E-state index contributed by atoms with van der Waals surface area (Å²) in [5, 5.41) is 9.14. The van der Waals surface area contributed by atoms with Crippen LogP contribution in [0.25, 0.3) is 11.3 Å². The van der Waals surface area contributed by atoms with Crippen LogP contribution in [0.1, 0.15) is 34.0 Å². The summed E-state index contributed by atoms with van der Waals surface area (Å²) in [6.45, 7) is 6.06. The van der Waals surface area contributed by atoms with Crippen molar-refractivity contribution in [3.63, 3.8) is 0 Å². The molecule has 3 heterocycles. The molecule has 1 saturated heterocycles. The van der Waals surface area contributed by atoms with E-state index < -0.39 is 17.6 Å². The Bertz CT molecular complexity index is 1530. The monoisotopic (exact) mass is 562 g/mol. The van der Waals surface area contributed by atoms with Crippen molar-refractivity contribution in [2.24, 2.45) is 0 Å². The number of amides is 1. The molecule has 1 aliphatic rings. The largest absolute Gasteiger partial charge is 0.416 e. The molecular formula is C29H29F3N8O. The first-order valence-electron chi connectivity index (χ1n) is 13.1. The first-order chi connectivity index (χ1) is 19.7. The van der Waals surface area contributed by atoms with E-state index >= 15 is 0 Å². The Morgan fingerprint density at radius 3 is 2.68 bits per heavy atom. The minimum Gasteiger partial charge on any atom is -0.324 e. The molecule has 4 aromatic rings. The lowest BCUT2D eigenvalue weighted by Crippen LogP contribution is -2.48. The maximum atomic E-state index is 14.0. The maximum Gasteiger partial charge on any atom is 0.416 e. The highest BCUT2D eigenvalue weighted by Gasteiger charge is 2.34. The molecular weight excluding hydrogens is 533 g/mol. The molecule has 0 spiro atoms. The quantitative estimate of drug-likeness (QED) is 0.287. The highest BCUT2D eigenvalue weighted by molar-refractivity contribution is 6.04. The van der Waals surface area contributed by atoms with Crippen LogP contribution in [-0.2, 0) is 12.7 Å². The molecule has 0 unspecified atom stereocenters. The van der Waals surface area contributed by atoms with Gasteiger partial charge in [0.1, 0.15) is 6.33 Å². The van der Waals surface area contributed by atoms with Crippen LogP contribution in [-0.4, -0.2) is 56.4 Å². The number of alkyl halides is 3. The number of hydrogen-bond donors (Lipinski definition) is 3. The summed E-state index contributed by atoms with van der Waals surface area (Å²) >= 11 is 0. The number of benzene rings is 2. The molecule has 1 aliphatic heterocycles. The van der Waals surface area contributed by atoms with Gasteiger partial charge in [0.2, 0.25) is 5.95 Å². The molecule has 2 aromatic heterocycles. The third kappa shape index (κ3) is 7.02. The van der Waals surface area contributed by atoms with Crippen molar-refractivity contribution in [1.82, 2.24) is 30.2 Å². The van der Waals surface area contributed by atoms with Crippen molar-refractivity contribution in [1.29, 1.82) is 0 Å². The first kappa shape index (κ1) is 28.1. The molecule has 1 atom stereocenters. The molecule has 0 bridgehead atoms. The molecule has 212 valence electrons. The first-order valence-corrected chi connectivity index (χ1v) is 13.1. The van der Waals surface area contributed by atoms with Crippen LogP contribution in [0.5, 0.6) is 0 Å². The van der Waals surface area contributed by atoms with Gasteiger partial charge in [0.05, 0.1) is 11.3 Å². The summed E-state index contributed by atoms with van der Waals surface area (Å²) in [6, 6.07) is 10.8. The number of halogens is 3. The van der Waals surface area contributed by atoms with E-state index in [1.807, 2.05) is 18.7 Å².